The number of hydrogen-bond acceptors (Lipinski definition) is 3. The van der Waals surface area contributed by atoms with Crippen molar-refractivity contribution in [2.75, 3.05) is 26.7 Å². The van der Waals surface area contributed by atoms with Gasteiger partial charge in [-0.1, -0.05) is 25.1 Å². The SMILES string of the molecule is CCNC(=NCC(=O)NC(C)(C)C)NCC(C)c1ccccc1OC. The number of guanidine groups is 1. The van der Waals surface area contributed by atoms with Crippen LogP contribution >= 0.6 is 0 Å². The largest absolute Gasteiger partial charge is 0.496 e. The normalized spacial score (nSPS) is 13.1. The maximum absolute atomic E-state index is 11.9. The van der Waals surface area contributed by atoms with E-state index in [9.17, 15) is 4.79 Å². The maximum Gasteiger partial charge on any atom is 0.242 e. The molecule has 0 radical (unpaired) electrons. The van der Waals surface area contributed by atoms with Crippen LogP contribution in [-0.4, -0.2) is 44.1 Å². The molecule has 140 valence electrons. The standard InChI is InChI=1S/C19H32N4O2/c1-7-20-18(22-13-17(24)23-19(3,4)5)21-12-14(2)15-10-8-9-11-16(15)25-6/h8-11,14H,7,12-13H2,1-6H3,(H,23,24)(H2,20,21,22). The smallest absolute Gasteiger partial charge is 0.242 e. The van der Waals surface area contributed by atoms with Gasteiger partial charge in [-0.2, -0.15) is 0 Å². The lowest BCUT2D eigenvalue weighted by Gasteiger charge is -2.20. The number of nitrogens with one attached hydrogen (secondary N) is 3. The molecule has 0 spiro atoms. The first-order chi connectivity index (χ1) is 11.8. The first-order valence-corrected chi connectivity index (χ1v) is 8.73. The van der Waals surface area contributed by atoms with Gasteiger partial charge in [-0.15, -0.1) is 0 Å². The fourth-order valence-corrected chi connectivity index (χ4v) is 2.38. The predicted octanol–water partition coefficient (Wildman–Crippen LogP) is 2.27. The van der Waals surface area contributed by atoms with E-state index in [1.54, 1.807) is 7.11 Å². The lowest BCUT2D eigenvalue weighted by Crippen LogP contribution is -2.43. The Bertz CT molecular complexity index is 579. The molecule has 0 aliphatic carbocycles. The number of carbonyl (C=O) groups is 1. The van der Waals surface area contributed by atoms with Crippen molar-refractivity contribution in [3.63, 3.8) is 0 Å². The summed E-state index contributed by atoms with van der Waals surface area (Å²) in [5.41, 5.74) is 0.885. The highest BCUT2D eigenvalue weighted by Crippen LogP contribution is 2.25. The number of nitrogens with zero attached hydrogens (tertiary/aromatic N) is 1. The summed E-state index contributed by atoms with van der Waals surface area (Å²) in [6.07, 6.45) is 0. The summed E-state index contributed by atoms with van der Waals surface area (Å²) in [5, 5.41) is 9.36. The zero-order valence-corrected chi connectivity index (χ0v) is 16.3. The molecule has 1 aromatic rings. The van der Waals surface area contributed by atoms with Gasteiger partial charge in [0.1, 0.15) is 12.3 Å². The zero-order valence-electron chi connectivity index (χ0n) is 16.3. The highest BCUT2D eigenvalue weighted by atomic mass is 16.5. The minimum Gasteiger partial charge on any atom is -0.496 e. The molecular weight excluding hydrogens is 316 g/mol. The van der Waals surface area contributed by atoms with Crippen molar-refractivity contribution in [1.82, 2.24) is 16.0 Å². The van der Waals surface area contributed by atoms with E-state index in [0.29, 0.717) is 12.5 Å². The Labute approximate surface area is 151 Å². The van der Waals surface area contributed by atoms with Crippen LogP contribution in [0.5, 0.6) is 5.75 Å². The lowest BCUT2D eigenvalue weighted by atomic mass is 10.0. The number of benzene rings is 1. The van der Waals surface area contributed by atoms with Gasteiger partial charge in [0.2, 0.25) is 5.91 Å². The average Bonchev–Trinajstić information content (AvgIpc) is 2.55. The number of amides is 1. The molecule has 25 heavy (non-hydrogen) atoms. The molecule has 0 bridgehead atoms. The van der Waals surface area contributed by atoms with Gasteiger partial charge in [-0.3, -0.25) is 4.79 Å². The molecule has 6 heteroatoms. The van der Waals surface area contributed by atoms with Crippen LogP contribution in [0.2, 0.25) is 0 Å². The van der Waals surface area contributed by atoms with Crippen LogP contribution in [0.3, 0.4) is 0 Å². The third kappa shape index (κ3) is 7.92. The van der Waals surface area contributed by atoms with Gasteiger partial charge < -0.3 is 20.7 Å². The van der Waals surface area contributed by atoms with Crippen LogP contribution in [-0.2, 0) is 4.79 Å². The van der Waals surface area contributed by atoms with Crippen LogP contribution in [0, 0.1) is 0 Å². The van der Waals surface area contributed by atoms with Crippen molar-refractivity contribution in [1.29, 1.82) is 0 Å². The van der Waals surface area contributed by atoms with E-state index >= 15 is 0 Å². The predicted molar refractivity (Wildman–Crippen MR) is 103 cm³/mol. The van der Waals surface area contributed by atoms with Crippen molar-refractivity contribution in [2.45, 2.75) is 46.1 Å². The third-order valence-corrected chi connectivity index (χ3v) is 3.48. The summed E-state index contributed by atoms with van der Waals surface area (Å²) in [6, 6.07) is 7.99. The molecule has 1 unspecified atom stereocenters. The van der Waals surface area contributed by atoms with E-state index in [1.807, 2.05) is 45.9 Å². The zero-order chi connectivity index (χ0) is 18.9. The first-order valence-electron chi connectivity index (χ1n) is 8.73. The van der Waals surface area contributed by atoms with Crippen LogP contribution < -0.4 is 20.7 Å². The summed E-state index contributed by atoms with van der Waals surface area (Å²) < 4.78 is 5.42. The molecule has 0 fully saturated rings. The number of aliphatic imine (C=N–C) groups is 1. The topological polar surface area (TPSA) is 74.8 Å². The van der Waals surface area contributed by atoms with E-state index in [-0.39, 0.29) is 23.9 Å². The first kappa shape index (κ1) is 20.8. The molecule has 1 rings (SSSR count). The van der Waals surface area contributed by atoms with E-state index in [1.165, 1.54) is 0 Å². The monoisotopic (exact) mass is 348 g/mol. The average molecular weight is 348 g/mol. The molecule has 1 atom stereocenters. The van der Waals surface area contributed by atoms with Gasteiger partial charge in [-0.05, 0) is 39.3 Å². The minimum atomic E-state index is -0.253. The Morgan fingerprint density at radius 2 is 1.92 bits per heavy atom. The Balaban J connectivity index is 2.65. The van der Waals surface area contributed by atoms with Crippen LogP contribution in [0.25, 0.3) is 0 Å². The molecule has 3 N–H and O–H groups in total. The van der Waals surface area contributed by atoms with Gasteiger partial charge in [0.25, 0.3) is 0 Å². The lowest BCUT2D eigenvalue weighted by molar-refractivity contribution is -0.121. The highest BCUT2D eigenvalue weighted by Gasteiger charge is 2.14. The minimum absolute atomic E-state index is 0.0929. The van der Waals surface area contributed by atoms with Crippen LogP contribution in [0.4, 0.5) is 0 Å². The second-order valence-electron chi connectivity index (χ2n) is 7.02. The number of para-hydroxylation sites is 1. The van der Waals surface area contributed by atoms with Crippen molar-refractivity contribution in [3.8, 4) is 5.75 Å². The highest BCUT2D eigenvalue weighted by molar-refractivity contribution is 5.85. The van der Waals surface area contributed by atoms with E-state index in [2.05, 4.69) is 33.9 Å². The number of hydrogen-bond donors (Lipinski definition) is 3. The molecule has 1 amide bonds. The van der Waals surface area contributed by atoms with Crippen molar-refractivity contribution >= 4 is 11.9 Å². The molecule has 6 nitrogen and oxygen atoms in total. The van der Waals surface area contributed by atoms with Crippen LogP contribution in [0.1, 0.15) is 46.1 Å². The van der Waals surface area contributed by atoms with Crippen molar-refractivity contribution in [2.24, 2.45) is 4.99 Å². The van der Waals surface area contributed by atoms with E-state index < -0.39 is 0 Å². The van der Waals surface area contributed by atoms with Gasteiger partial charge >= 0.3 is 0 Å². The number of rotatable bonds is 7. The molecular formula is C19H32N4O2. The molecule has 1 aromatic carbocycles. The van der Waals surface area contributed by atoms with E-state index in [0.717, 1.165) is 17.9 Å². The quantitative estimate of drug-likeness (QED) is 0.522. The van der Waals surface area contributed by atoms with Gasteiger partial charge in [0, 0.05) is 24.5 Å². The number of ether oxygens (including phenoxy) is 1. The van der Waals surface area contributed by atoms with Gasteiger partial charge in [0.05, 0.1) is 7.11 Å². The second-order valence-corrected chi connectivity index (χ2v) is 7.02. The Kier molecular flexibility index (Phi) is 8.25. The van der Waals surface area contributed by atoms with Crippen molar-refractivity contribution < 1.29 is 9.53 Å². The van der Waals surface area contributed by atoms with Crippen molar-refractivity contribution in [3.05, 3.63) is 29.8 Å². The summed E-state index contributed by atoms with van der Waals surface area (Å²) in [4.78, 5) is 16.3. The number of methoxy groups -OCH3 is 1. The Morgan fingerprint density at radius 1 is 1.24 bits per heavy atom. The summed E-state index contributed by atoms with van der Waals surface area (Å²) in [6.45, 7) is 11.5. The summed E-state index contributed by atoms with van der Waals surface area (Å²) in [7, 11) is 1.68. The van der Waals surface area contributed by atoms with Crippen LogP contribution in [0.15, 0.2) is 29.3 Å². The molecule has 0 aromatic heterocycles. The molecule has 0 heterocycles. The Morgan fingerprint density at radius 3 is 2.52 bits per heavy atom. The molecule has 0 saturated heterocycles. The second kappa shape index (κ2) is 9.91. The van der Waals surface area contributed by atoms with Gasteiger partial charge in [0.15, 0.2) is 5.96 Å². The molecule has 0 aliphatic rings. The van der Waals surface area contributed by atoms with E-state index in [4.69, 9.17) is 4.74 Å². The maximum atomic E-state index is 11.9. The Hall–Kier alpha value is -2.24. The number of carbonyl (C=O) groups excluding carboxylic acids is 1. The molecule has 0 aliphatic heterocycles. The fraction of sp³-hybridized carbons (Fsp3) is 0.579. The van der Waals surface area contributed by atoms with Gasteiger partial charge in [-0.25, -0.2) is 4.99 Å². The molecule has 0 saturated carbocycles. The fourth-order valence-electron chi connectivity index (χ4n) is 2.38. The summed E-state index contributed by atoms with van der Waals surface area (Å²) in [5.74, 6) is 1.66. The third-order valence-electron chi connectivity index (χ3n) is 3.48. The summed E-state index contributed by atoms with van der Waals surface area (Å²) >= 11 is 0.